The van der Waals surface area contributed by atoms with Crippen LogP contribution in [-0.2, 0) is 24.6 Å². The van der Waals surface area contributed by atoms with Crippen LogP contribution in [0.4, 0.5) is 18.9 Å². The number of benzene rings is 1. The molecule has 12 nitrogen and oxygen atoms in total. The van der Waals surface area contributed by atoms with Gasteiger partial charge in [0, 0.05) is 57.4 Å². The predicted octanol–water partition coefficient (Wildman–Crippen LogP) is 2.46. The number of piperazine rings is 1. The normalized spacial score (nSPS) is 21.3. The van der Waals surface area contributed by atoms with E-state index < -0.39 is 65.9 Å². The van der Waals surface area contributed by atoms with Gasteiger partial charge in [0.25, 0.3) is 5.91 Å². The van der Waals surface area contributed by atoms with Crippen molar-refractivity contribution in [3.63, 3.8) is 0 Å². The third-order valence-corrected chi connectivity index (χ3v) is 9.95. The first-order valence-corrected chi connectivity index (χ1v) is 17.4. The summed E-state index contributed by atoms with van der Waals surface area (Å²) in [6, 6.07) is 2.05. The van der Waals surface area contributed by atoms with Crippen LogP contribution in [0, 0.1) is 11.7 Å². The molecule has 0 radical (unpaired) electrons. The van der Waals surface area contributed by atoms with E-state index in [1.54, 1.807) is 24.8 Å². The number of likely N-dealkylation sites (N-methyl/N-ethyl adjacent to an activating group) is 1. The molecule has 2 saturated carbocycles. The molecule has 50 heavy (non-hydrogen) atoms. The number of hydrogen-bond donors (Lipinski definition) is 5. The fourth-order valence-electron chi connectivity index (χ4n) is 6.60. The van der Waals surface area contributed by atoms with Crippen molar-refractivity contribution in [1.29, 1.82) is 0 Å². The van der Waals surface area contributed by atoms with Crippen molar-refractivity contribution >= 4 is 35.0 Å². The topological polar surface area (TPSA) is 169 Å². The zero-order valence-corrected chi connectivity index (χ0v) is 29.0. The lowest BCUT2D eigenvalue weighted by molar-refractivity contribution is -0.138. The number of aliphatic hydroxyl groups excluding tert-OH is 1. The Hall–Kier alpha value is -3.98. The highest BCUT2D eigenvalue weighted by Crippen LogP contribution is 2.52. The molecule has 6 N–H and O–H groups in total. The molecule has 4 amide bonds. The average molecular weight is 706 g/mol. The molecule has 1 saturated heterocycles. The van der Waals surface area contributed by atoms with Gasteiger partial charge in [0.1, 0.15) is 23.6 Å². The average Bonchev–Trinajstić information content (AvgIpc) is 3.88. The third-order valence-electron chi connectivity index (χ3n) is 9.95. The van der Waals surface area contributed by atoms with E-state index in [4.69, 9.17) is 5.73 Å². The number of amides is 4. The van der Waals surface area contributed by atoms with Crippen LogP contribution < -0.4 is 21.7 Å². The van der Waals surface area contributed by atoms with Gasteiger partial charge < -0.3 is 36.6 Å². The molecule has 0 spiro atoms. The molecule has 1 unspecified atom stereocenters. The lowest BCUT2D eigenvalue weighted by atomic mass is 9.81. The van der Waals surface area contributed by atoms with Gasteiger partial charge in [-0.2, -0.15) is 0 Å². The van der Waals surface area contributed by atoms with Crippen LogP contribution in [0.25, 0.3) is 0 Å². The van der Waals surface area contributed by atoms with Crippen LogP contribution in [0.2, 0.25) is 0 Å². The first-order valence-electron chi connectivity index (χ1n) is 17.4. The quantitative estimate of drug-likeness (QED) is 0.185. The van der Waals surface area contributed by atoms with Gasteiger partial charge in [0.15, 0.2) is 0 Å². The summed E-state index contributed by atoms with van der Waals surface area (Å²) in [4.78, 5) is 61.3. The molecule has 1 aromatic rings. The maximum atomic E-state index is 15.8. The van der Waals surface area contributed by atoms with E-state index in [1.165, 1.54) is 18.2 Å². The molecular formula is C35H50F3N7O5. The van der Waals surface area contributed by atoms with E-state index in [2.05, 4.69) is 25.8 Å². The van der Waals surface area contributed by atoms with Crippen molar-refractivity contribution in [2.45, 2.75) is 94.7 Å². The Morgan fingerprint density at radius 3 is 2.30 bits per heavy atom. The summed E-state index contributed by atoms with van der Waals surface area (Å²) in [6.45, 7) is 5.77. The van der Waals surface area contributed by atoms with Gasteiger partial charge >= 0.3 is 0 Å². The molecule has 3 aliphatic rings. The number of nitrogens with one attached hydrogen (secondary N) is 3. The Labute approximate surface area is 291 Å². The minimum Gasteiger partial charge on any atom is -0.405 e. The largest absolute Gasteiger partial charge is 0.405 e. The van der Waals surface area contributed by atoms with Gasteiger partial charge in [-0.3, -0.25) is 24.2 Å². The summed E-state index contributed by atoms with van der Waals surface area (Å²) >= 11 is 0. The van der Waals surface area contributed by atoms with Crippen molar-refractivity contribution < 1.29 is 37.5 Å². The molecule has 3 atom stereocenters. The molecular weight excluding hydrogens is 655 g/mol. The maximum Gasteiger partial charge on any atom is 0.270 e. The fourth-order valence-corrected chi connectivity index (χ4v) is 6.60. The van der Waals surface area contributed by atoms with Gasteiger partial charge in [-0.05, 0) is 82.0 Å². The zero-order valence-electron chi connectivity index (χ0n) is 29.0. The Morgan fingerprint density at radius 1 is 1.08 bits per heavy atom. The highest BCUT2D eigenvalue weighted by Gasteiger charge is 2.55. The van der Waals surface area contributed by atoms with Crippen molar-refractivity contribution in [3.05, 3.63) is 41.9 Å². The Kier molecular flexibility index (Phi) is 13.1. The van der Waals surface area contributed by atoms with E-state index >= 15 is 4.39 Å². The number of hydrogen-bond acceptors (Lipinski definition) is 8. The monoisotopic (exact) mass is 705 g/mol. The highest BCUT2D eigenvalue weighted by atomic mass is 19.3. The van der Waals surface area contributed by atoms with E-state index in [1.807, 2.05) is 7.05 Å². The smallest absolute Gasteiger partial charge is 0.270 e. The second kappa shape index (κ2) is 16.8. The van der Waals surface area contributed by atoms with Crippen molar-refractivity contribution in [2.75, 3.05) is 45.1 Å². The number of carbonyl (C=O) groups is 4. The SMILES string of the molecule is CCC(=O)N[C@@H](C(=O)N1CCN(C)CC1)C1(c2ccc(NC(=O)[C@@H](NC(=O)C(/C=C\N)=NCCC(C)O)C3CCC(F)(F)CC3)c(F)c2)CC1. The number of anilines is 1. The van der Waals surface area contributed by atoms with Crippen LogP contribution >= 0.6 is 0 Å². The van der Waals surface area contributed by atoms with E-state index in [9.17, 15) is 33.1 Å². The van der Waals surface area contributed by atoms with E-state index in [0.29, 0.717) is 44.6 Å². The van der Waals surface area contributed by atoms with Gasteiger partial charge in [-0.25, -0.2) is 13.2 Å². The van der Waals surface area contributed by atoms with Gasteiger partial charge in [-0.15, -0.1) is 0 Å². The number of halogens is 3. The second-order valence-electron chi connectivity index (χ2n) is 13.7. The molecule has 15 heteroatoms. The Bertz CT molecular complexity index is 1450. The van der Waals surface area contributed by atoms with Crippen LogP contribution in [-0.4, -0.2) is 108 Å². The molecule has 1 aromatic carbocycles. The summed E-state index contributed by atoms with van der Waals surface area (Å²) in [6.07, 6.45) is 2.16. The first-order chi connectivity index (χ1) is 23.7. The Morgan fingerprint density at radius 2 is 1.74 bits per heavy atom. The van der Waals surface area contributed by atoms with Crippen molar-refractivity contribution in [3.8, 4) is 0 Å². The molecule has 0 aromatic heterocycles. The minimum absolute atomic E-state index is 0.0528. The van der Waals surface area contributed by atoms with Crippen LogP contribution in [0.3, 0.4) is 0 Å². The number of aliphatic hydroxyl groups is 1. The molecule has 1 heterocycles. The number of rotatable bonds is 14. The third kappa shape index (κ3) is 9.83. The summed E-state index contributed by atoms with van der Waals surface area (Å²) in [5.41, 5.74) is 4.87. The van der Waals surface area contributed by atoms with E-state index in [-0.39, 0.29) is 55.4 Å². The number of carbonyl (C=O) groups excluding carboxylic acids is 4. The van der Waals surface area contributed by atoms with Gasteiger partial charge in [0.05, 0.1) is 11.8 Å². The van der Waals surface area contributed by atoms with Crippen molar-refractivity contribution in [2.24, 2.45) is 16.6 Å². The summed E-state index contributed by atoms with van der Waals surface area (Å²) < 4.78 is 43.9. The van der Waals surface area contributed by atoms with Crippen LogP contribution in [0.5, 0.6) is 0 Å². The molecule has 1 aliphatic heterocycles. The number of nitrogens with zero attached hydrogens (tertiary/aromatic N) is 3. The standard InChI is InChI=1S/C35H50F3N7O5/c1-4-28(47)42-30(33(50)45-19-17-44(3)18-20-45)34(13-14-34)24-5-6-26(25(36)21-24)41-32(49)29(23-7-11-35(37,38)12-8-23)43-31(48)27(9-15-39)40-16-10-22(2)46/h5-6,9,15,21-23,29-30,46H,4,7-8,10-14,16-20,39H2,1-3H3,(H,41,49)(H,42,47)(H,43,48)/b15-9-,40-27?/t22?,29-,30-/m0/s1. The minimum atomic E-state index is -2.89. The predicted molar refractivity (Wildman–Crippen MR) is 183 cm³/mol. The maximum absolute atomic E-state index is 15.8. The fraction of sp³-hybridized carbons (Fsp3) is 0.629. The number of alkyl halides is 2. The molecule has 4 rings (SSSR count). The second-order valence-corrected chi connectivity index (χ2v) is 13.7. The van der Waals surface area contributed by atoms with Crippen molar-refractivity contribution in [1.82, 2.24) is 20.4 Å². The molecule has 3 fully saturated rings. The molecule has 2 aliphatic carbocycles. The Balaban J connectivity index is 1.56. The number of nitrogens with two attached hydrogens (primary N) is 1. The highest BCUT2D eigenvalue weighted by molar-refractivity contribution is 6.43. The zero-order chi connectivity index (χ0) is 36.6. The summed E-state index contributed by atoms with van der Waals surface area (Å²) in [7, 11) is 1.97. The lowest BCUT2D eigenvalue weighted by Crippen LogP contribution is -2.58. The summed E-state index contributed by atoms with van der Waals surface area (Å²) in [5, 5.41) is 17.6. The summed E-state index contributed by atoms with van der Waals surface area (Å²) in [5.74, 6) is -6.42. The van der Waals surface area contributed by atoms with Crippen LogP contribution in [0.15, 0.2) is 35.5 Å². The van der Waals surface area contributed by atoms with E-state index in [0.717, 1.165) is 6.20 Å². The first kappa shape index (κ1) is 38.8. The molecule has 0 bridgehead atoms. The molecule has 276 valence electrons. The van der Waals surface area contributed by atoms with Gasteiger partial charge in [0.2, 0.25) is 23.6 Å². The van der Waals surface area contributed by atoms with Gasteiger partial charge in [-0.1, -0.05) is 13.0 Å². The number of aliphatic imine (C=N–C) groups is 1. The lowest BCUT2D eigenvalue weighted by Gasteiger charge is -2.37. The van der Waals surface area contributed by atoms with Crippen LogP contribution in [0.1, 0.15) is 70.8 Å².